The van der Waals surface area contributed by atoms with Crippen molar-refractivity contribution in [3.63, 3.8) is 0 Å². The Morgan fingerprint density at radius 2 is 1.81 bits per heavy atom. The molecule has 0 bridgehead atoms. The van der Waals surface area contributed by atoms with E-state index in [1.54, 1.807) is 29.2 Å². The van der Waals surface area contributed by atoms with Gasteiger partial charge in [-0.2, -0.15) is 5.26 Å². The van der Waals surface area contributed by atoms with E-state index >= 15 is 0 Å². The third kappa shape index (κ3) is 4.18. The lowest BCUT2D eigenvalue weighted by Gasteiger charge is -2.32. The van der Waals surface area contributed by atoms with Gasteiger partial charge in [0.05, 0.1) is 17.2 Å². The second-order valence-electron chi connectivity index (χ2n) is 6.70. The van der Waals surface area contributed by atoms with Crippen LogP contribution >= 0.6 is 0 Å². The molecule has 132 valence electrons. The Balaban J connectivity index is 1.62. The summed E-state index contributed by atoms with van der Waals surface area (Å²) in [6.45, 7) is 1.09. The fourth-order valence-electron chi connectivity index (χ4n) is 3.48. The van der Waals surface area contributed by atoms with E-state index < -0.39 is 0 Å². The zero-order chi connectivity index (χ0) is 18.4. The van der Waals surface area contributed by atoms with Gasteiger partial charge in [0.1, 0.15) is 5.78 Å². The number of carbonyl (C=O) groups is 2. The van der Waals surface area contributed by atoms with Crippen molar-refractivity contribution in [2.24, 2.45) is 5.92 Å². The molecule has 2 aromatic carbocycles. The molecule has 3 rings (SSSR count). The molecule has 0 saturated carbocycles. The van der Waals surface area contributed by atoms with Crippen LogP contribution in [0.1, 0.15) is 40.7 Å². The van der Waals surface area contributed by atoms with Crippen molar-refractivity contribution < 1.29 is 9.59 Å². The SMILES string of the molecule is N#Cc1ccccc1C(=O)N1CCCC(C(=O)CCc2ccccc2)C1. The van der Waals surface area contributed by atoms with Crippen molar-refractivity contribution in [1.82, 2.24) is 4.90 Å². The van der Waals surface area contributed by atoms with Gasteiger partial charge in [0, 0.05) is 25.4 Å². The fraction of sp³-hybridized carbons (Fsp3) is 0.318. The first kappa shape index (κ1) is 17.9. The number of hydrogen-bond acceptors (Lipinski definition) is 3. The van der Waals surface area contributed by atoms with Gasteiger partial charge in [-0.1, -0.05) is 42.5 Å². The van der Waals surface area contributed by atoms with Gasteiger partial charge in [-0.25, -0.2) is 0 Å². The molecule has 0 aromatic heterocycles. The first-order valence-electron chi connectivity index (χ1n) is 9.04. The average molecular weight is 346 g/mol. The number of amides is 1. The van der Waals surface area contributed by atoms with E-state index in [9.17, 15) is 14.9 Å². The molecule has 1 heterocycles. The van der Waals surface area contributed by atoms with E-state index in [1.807, 2.05) is 30.3 Å². The molecule has 1 amide bonds. The number of rotatable bonds is 5. The minimum Gasteiger partial charge on any atom is -0.338 e. The molecule has 1 saturated heterocycles. The van der Waals surface area contributed by atoms with E-state index in [-0.39, 0.29) is 17.6 Å². The Bertz CT molecular complexity index is 824. The largest absolute Gasteiger partial charge is 0.338 e. The van der Waals surface area contributed by atoms with Crippen molar-refractivity contribution in [2.75, 3.05) is 13.1 Å². The lowest BCUT2D eigenvalue weighted by Crippen LogP contribution is -2.42. The summed E-state index contributed by atoms with van der Waals surface area (Å²) < 4.78 is 0. The molecule has 1 unspecified atom stereocenters. The highest BCUT2D eigenvalue weighted by Gasteiger charge is 2.29. The quantitative estimate of drug-likeness (QED) is 0.831. The van der Waals surface area contributed by atoms with Crippen LogP contribution in [0.15, 0.2) is 54.6 Å². The molecule has 0 aliphatic carbocycles. The summed E-state index contributed by atoms with van der Waals surface area (Å²) in [7, 11) is 0. The summed E-state index contributed by atoms with van der Waals surface area (Å²) in [6.07, 6.45) is 2.90. The van der Waals surface area contributed by atoms with Crippen LogP contribution in [0.2, 0.25) is 0 Å². The summed E-state index contributed by atoms with van der Waals surface area (Å²) in [5.74, 6) is -0.0340. The van der Waals surface area contributed by atoms with Gasteiger partial charge in [-0.05, 0) is 37.0 Å². The number of piperidine rings is 1. The van der Waals surface area contributed by atoms with E-state index in [1.165, 1.54) is 0 Å². The van der Waals surface area contributed by atoms with Crippen LogP contribution < -0.4 is 0 Å². The van der Waals surface area contributed by atoms with Crippen molar-refractivity contribution >= 4 is 11.7 Å². The standard InChI is InChI=1S/C22H22N2O2/c23-15-18-9-4-5-11-20(18)22(26)24-14-6-10-19(16-24)21(25)13-12-17-7-2-1-3-8-17/h1-5,7-9,11,19H,6,10,12-14,16H2. The van der Waals surface area contributed by atoms with Crippen molar-refractivity contribution in [1.29, 1.82) is 5.26 Å². The Labute approximate surface area is 154 Å². The van der Waals surface area contributed by atoms with Crippen LogP contribution in [0, 0.1) is 17.2 Å². The van der Waals surface area contributed by atoms with Gasteiger partial charge in [-0.15, -0.1) is 0 Å². The van der Waals surface area contributed by atoms with Crippen molar-refractivity contribution in [3.8, 4) is 6.07 Å². The predicted molar refractivity (Wildman–Crippen MR) is 99.6 cm³/mol. The summed E-state index contributed by atoms with van der Waals surface area (Å²) >= 11 is 0. The van der Waals surface area contributed by atoms with Gasteiger partial charge < -0.3 is 4.90 Å². The summed E-state index contributed by atoms with van der Waals surface area (Å²) in [6, 6.07) is 18.9. The van der Waals surface area contributed by atoms with Gasteiger partial charge >= 0.3 is 0 Å². The Morgan fingerprint density at radius 1 is 1.08 bits per heavy atom. The van der Waals surface area contributed by atoms with E-state index in [2.05, 4.69) is 6.07 Å². The molecule has 4 heteroatoms. The smallest absolute Gasteiger partial charge is 0.255 e. The minimum absolute atomic E-state index is 0.106. The lowest BCUT2D eigenvalue weighted by atomic mass is 9.90. The number of aryl methyl sites for hydroxylation is 1. The van der Waals surface area contributed by atoms with Crippen LogP contribution in [-0.4, -0.2) is 29.7 Å². The maximum Gasteiger partial charge on any atom is 0.255 e. The first-order chi connectivity index (χ1) is 12.7. The highest BCUT2D eigenvalue weighted by Crippen LogP contribution is 2.22. The Hall–Kier alpha value is -2.93. The van der Waals surface area contributed by atoms with Gasteiger partial charge in [0.15, 0.2) is 0 Å². The predicted octanol–water partition coefficient (Wildman–Crippen LogP) is 3.61. The summed E-state index contributed by atoms with van der Waals surface area (Å²) in [4.78, 5) is 27.1. The molecule has 1 atom stereocenters. The van der Waals surface area contributed by atoms with Crippen molar-refractivity contribution in [2.45, 2.75) is 25.7 Å². The number of carbonyl (C=O) groups excluding carboxylic acids is 2. The molecule has 1 fully saturated rings. The molecule has 26 heavy (non-hydrogen) atoms. The molecule has 0 radical (unpaired) electrons. The van der Waals surface area contributed by atoms with Gasteiger partial charge in [-0.3, -0.25) is 9.59 Å². The second kappa shape index (κ2) is 8.44. The minimum atomic E-state index is -0.150. The van der Waals surface area contributed by atoms with E-state index in [0.717, 1.165) is 24.8 Å². The molecule has 4 nitrogen and oxygen atoms in total. The van der Waals surface area contributed by atoms with E-state index in [4.69, 9.17) is 0 Å². The first-order valence-corrected chi connectivity index (χ1v) is 9.04. The normalized spacial score (nSPS) is 16.7. The highest BCUT2D eigenvalue weighted by molar-refractivity contribution is 5.97. The number of nitriles is 1. The molecule has 0 N–H and O–H groups in total. The third-order valence-electron chi connectivity index (χ3n) is 4.94. The van der Waals surface area contributed by atoms with E-state index in [0.29, 0.717) is 30.6 Å². The number of hydrogen-bond donors (Lipinski definition) is 0. The number of likely N-dealkylation sites (tertiary alicyclic amines) is 1. The van der Waals surface area contributed by atoms with Crippen LogP contribution in [0.5, 0.6) is 0 Å². The zero-order valence-corrected chi connectivity index (χ0v) is 14.7. The maximum atomic E-state index is 12.8. The molecular formula is C22H22N2O2. The molecule has 0 spiro atoms. The number of nitrogens with zero attached hydrogens (tertiary/aromatic N) is 2. The number of ketones is 1. The Morgan fingerprint density at radius 3 is 2.58 bits per heavy atom. The molecule has 2 aromatic rings. The molecule has 1 aliphatic rings. The second-order valence-corrected chi connectivity index (χ2v) is 6.70. The van der Waals surface area contributed by atoms with Crippen LogP contribution in [-0.2, 0) is 11.2 Å². The monoisotopic (exact) mass is 346 g/mol. The third-order valence-corrected chi connectivity index (χ3v) is 4.94. The number of benzene rings is 2. The van der Waals surface area contributed by atoms with Gasteiger partial charge in [0.25, 0.3) is 5.91 Å². The maximum absolute atomic E-state index is 12.8. The zero-order valence-electron chi connectivity index (χ0n) is 14.7. The van der Waals surface area contributed by atoms with Crippen LogP contribution in [0.3, 0.4) is 0 Å². The average Bonchev–Trinajstić information content (AvgIpc) is 2.72. The Kier molecular flexibility index (Phi) is 5.80. The highest BCUT2D eigenvalue weighted by atomic mass is 16.2. The van der Waals surface area contributed by atoms with Gasteiger partial charge in [0.2, 0.25) is 0 Å². The summed E-state index contributed by atoms with van der Waals surface area (Å²) in [5.41, 5.74) is 1.97. The van der Waals surface area contributed by atoms with Crippen LogP contribution in [0.25, 0.3) is 0 Å². The topological polar surface area (TPSA) is 61.2 Å². The molecule has 1 aliphatic heterocycles. The lowest BCUT2D eigenvalue weighted by molar-refractivity contribution is -0.124. The van der Waals surface area contributed by atoms with Crippen LogP contribution in [0.4, 0.5) is 0 Å². The van der Waals surface area contributed by atoms with Crippen molar-refractivity contribution in [3.05, 3.63) is 71.3 Å². The molecular weight excluding hydrogens is 324 g/mol. The fourth-order valence-corrected chi connectivity index (χ4v) is 3.48. The summed E-state index contributed by atoms with van der Waals surface area (Å²) in [5, 5.41) is 9.21. The number of Topliss-reactive ketones (excluding diaryl/α,β-unsaturated/α-hetero) is 1.